The van der Waals surface area contributed by atoms with Crippen LogP contribution in [0.1, 0.15) is 32.1 Å². The zero-order chi connectivity index (χ0) is 15.4. The molecule has 0 amide bonds. The number of ether oxygens (including phenoxy) is 1. The van der Waals surface area contributed by atoms with Gasteiger partial charge in [-0.2, -0.15) is 4.98 Å². The Bertz CT molecular complexity index is 649. The molecular formula is C15H19N3O4. The molecule has 22 heavy (non-hydrogen) atoms. The van der Waals surface area contributed by atoms with E-state index in [0.29, 0.717) is 23.7 Å². The number of nitrogens with one attached hydrogen (secondary N) is 1. The van der Waals surface area contributed by atoms with Crippen molar-refractivity contribution in [3.8, 4) is 6.08 Å². The van der Waals surface area contributed by atoms with Crippen molar-refractivity contribution in [3.63, 3.8) is 0 Å². The average Bonchev–Trinajstić information content (AvgIpc) is 2.94. The number of non-ortho nitro benzene ring substituents is 1. The maximum absolute atomic E-state index is 10.7. The summed E-state index contributed by atoms with van der Waals surface area (Å²) in [5.74, 6) is 0. The molecule has 2 heterocycles. The summed E-state index contributed by atoms with van der Waals surface area (Å²) in [5.41, 5.74) is 0.934. The zero-order valence-electron chi connectivity index (χ0n) is 12.3. The third kappa shape index (κ3) is 3.54. The Morgan fingerprint density at radius 2 is 2.36 bits per heavy atom. The van der Waals surface area contributed by atoms with Crippen LogP contribution < -0.4 is 10.1 Å². The summed E-state index contributed by atoms with van der Waals surface area (Å²) >= 11 is 0. The Morgan fingerprint density at radius 3 is 3.14 bits per heavy atom. The van der Waals surface area contributed by atoms with E-state index in [0.717, 1.165) is 19.4 Å². The Morgan fingerprint density at radius 1 is 1.45 bits per heavy atom. The van der Waals surface area contributed by atoms with Crippen molar-refractivity contribution in [2.75, 3.05) is 13.2 Å². The molecule has 0 saturated carbocycles. The predicted octanol–water partition coefficient (Wildman–Crippen LogP) is 3.04. The number of rotatable bonds is 6. The summed E-state index contributed by atoms with van der Waals surface area (Å²) in [6.07, 6.45) is 5.96. The molecule has 1 saturated heterocycles. The first-order valence-corrected chi connectivity index (χ1v) is 7.63. The van der Waals surface area contributed by atoms with Crippen LogP contribution in [0.15, 0.2) is 22.6 Å². The van der Waals surface area contributed by atoms with Gasteiger partial charge in [0.1, 0.15) is 5.52 Å². The van der Waals surface area contributed by atoms with Crippen LogP contribution in [0.5, 0.6) is 6.08 Å². The molecule has 0 aliphatic carbocycles. The standard InChI is InChI=1S/C15H19N3O4/c19-18(20)12-6-7-14-13(10-12)17-15(22-14)21-9-3-5-11-4-1-2-8-16-11/h6-7,10-11,16H,1-5,8-9H2/t11-/m1/s1. The van der Waals surface area contributed by atoms with Crippen molar-refractivity contribution in [3.05, 3.63) is 28.3 Å². The Kier molecular flexibility index (Phi) is 4.53. The molecule has 0 radical (unpaired) electrons. The van der Waals surface area contributed by atoms with Crippen LogP contribution in [0, 0.1) is 10.1 Å². The number of nitro groups is 1. The van der Waals surface area contributed by atoms with Crippen molar-refractivity contribution in [2.24, 2.45) is 0 Å². The van der Waals surface area contributed by atoms with Crippen LogP contribution in [-0.2, 0) is 0 Å². The molecule has 0 bridgehead atoms. The van der Waals surface area contributed by atoms with Gasteiger partial charge in [0.15, 0.2) is 5.58 Å². The highest BCUT2D eigenvalue weighted by molar-refractivity contribution is 5.75. The van der Waals surface area contributed by atoms with Crippen molar-refractivity contribution < 1.29 is 14.1 Å². The number of aromatic nitrogens is 1. The number of benzene rings is 1. The van der Waals surface area contributed by atoms with Gasteiger partial charge >= 0.3 is 6.08 Å². The van der Waals surface area contributed by atoms with Crippen LogP contribution in [0.3, 0.4) is 0 Å². The SMILES string of the molecule is O=[N+]([O-])c1ccc2oc(OCCC[C@H]3CCCCN3)nc2c1. The second-order valence-electron chi connectivity index (χ2n) is 5.53. The lowest BCUT2D eigenvalue weighted by Gasteiger charge is -2.23. The van der Waals surface area contributed by atoms with Gasteiger partial charge in [0.05, 0.1) is 11.5 Å². The van der Waals surface area contributed by atoms with Crippen molar-refractivity contribution >= 4 is 16.8 Å². The third-order valence-corrected chi connectivity index (χ3v) is 3.90. The molecule has 0 unspecified atom stereocenters. The minimum Gasteiger partial charge on any atom is -0.450 e. The van der Waals surface area contributed by atoms with E-state index in [4.69, 9.17) is 9.15 Å². The Hall–Kier alpha value is -2.15. The fourth-order valence-electron chi connectivity index (χ4n) is 2.73. The van der Waals surface area contributed by atoms with E-state index in [1.165, 1.54) is 31.4 Å². The summed E-state index contributed by atoms with van der Waals surface area (Å²) in [5, 5.41) is 14.2. The van der Waals surface area contributed by atoms with Crippen LogP contribution in [0.4, 0.5) is 5.69 Å². The number of fused-ring (bicyclic) bond motifs is 1. The number of oxazole rings is 1. The molecule has 1 aliphatic heterocycles. The maximum atomic E-state index is 10.7. The zero-order valence-corrected chi connectivity index (χ0v) is 12.3. The van der Waals surface area contributed by atoms with Gasteiger partial charge < -0.3 is 14.5 Å². The molecule has 1 aromatic heterocycles. The van der Waals surface area contributed by atoms with Gasteiger partial charge in [-0.1, -0.05) is 6.42 Å². The van der Waals surface area contributed by atoms with Gasteiger partial charge in [-0.05, 0) is 38.3 Å². The van der Waals surface area contributed by atoms with Crippen LogP contribution in [0.25, 0.3) is 11.1 Å². The van der Waals surface area contributed by atoms with E-state index < -0.39 is 4.92 Å². The molecule has 0 spiro atoms. The number of nitro benzene ring substituents is 1. The van der Waals surface area contributed by atoms with Crippen molar-refractivity contribution in [2.45, 2.75) is 38.1 Å². The van der Waals surface area contributed by atoms with E-state index in [2.05, 4.69) is 10.3 Å². The molecule has 1 atom stereocenters. The van der Waals surface area contributed by atoms with Crippen LogP contribution in [-0.4, -0.2) is 29.1 Å². The average molecular weight is 305 g/mol. The van der Waals surface area contributed by atoms with Crippen LogP contribution in [0.2, 0.25) is 0 Å². The topological polar surface area (TPSA) is 90.4 Å². The quantitative estimate of drug-likeness (QED) is 0.501. The summed E-state index contributed by atoms with van der Waals surface area (Å²) < 4.78 is 10.9. The fraction of sp³-hybridized carbons (Fsp3) is 0.533. The highest BCUT2D eigenvalue weighted by atomic mass is 16.6. The highest BCUT2D eigenvalue weighted by Crippen LogP contribution is 2.24. The van der Waals surface area contributed by atoms with E-state index in [1.807, 2.05) is 0 Å². The van der Waals surface area contributed by atoms with E-state index in [-0.39, 0.29) is 11.8 Å². The molecule has 1 aromatic carbocycles. The molecular weight excluding hydrogens is 286 g/mol. The summed E-state index contributed by atoms with van der Waals surface area (Å²) in [7, 11) is 0. The Labute approximate surface area is 127 Å². The number of hydrogen-bond donors (Lipinski definition) is 1. The van der Waals surface area contributed by atoms with Gasteiger partial charge in [-0.25, -0.2) is 0 Å². The van der Waals surface area contributed by atoms with Gasteiger partial charge in [0, 0.05) is 18.2 Å². The van der Waals surface area contributed by atoms with E-state index >= 15 is 0 Å². The maximum Gasteiger partial charge on any atom is 0.394 e. The molecule has 7 heteroatoms. The number of piperidine rings is 1. The van der Waals surface area contributed by atoms with Crippen LogP contribution >= 0.6 is 0 Å². The van der Waals surface area contributed by atoms with Crippen molar-refractivity contribution in [1.82, 2.24) is 10.3 Å². The first-order chi connectivity index (χ1) is 10.7. The normalized spacial score (nSPS) is 18.5. The van der Waals surface area contributed by atoms with Gasteiger partial charge in [0.25, 0.3) is 5.69 Å². The van der Waals surface area contributed by atoms with Gasteiger partial charge in [0.2, 0.25) is 0 Å². The molecule has 7 nitrogen and oxygen atoms in total. The lowest BCUT2D eigenvalue weighted by Crippen LogP contribution is -2.34. The molecule has 2 aromatic rings. The fourth-order valence-corrected chi connectivity index (χ4v) is 2.73. The summed E-state index contributed by atoms with van der Waals surface area (Å²) in [6.45, 7) is 1.64. The molecule has 1 fully saturated rings. The number of hydrogen-bond acceptors (Lipinski definition) is 6. The lowest BCUT2D eigenvalue weighted by atomic mass is 10.0. The molecule has 118 valence electrons. The molecule has 1 aliphatic rings. The largest absolute Gasteiger partial charge is 0.450 e. The smallest absolute Gasteiger partial charge is 0.394 e. The third-order valence-electron chi connectivity index (χ3n) is 3.90. The predicted molar refractivity (Wildman–Crippen MR) is 81.0 cm³/mol. The first kappa shape index (κ1) is 14.8. The summed E-state index contributed by atoms with van der Waals surface area (Å²) in [4.78, 5) is 14.4. The minimum atomic E-state index is -0.453. The van der Waals surface area contributed by atoms with E-state index in [1.54, 1.807) is 6.07 Å². The second kappa shape index (κ2) is 6.74. The minimum absolute atomic E-state index is 0.00396. The summed E-state index contributed by atoms with van der Waals surface area (Å²) in [6, 6.07) is 4.91. The molecule has 1 N–H and O–H groups in total. The first-order valence-electron chi connectivity index (χ1n) is 7.63. The highest BCUT2D eigenvalue weighted by Gasteiger charge is 2.14. The lowest BCUT2D eigenvalue weighted by molar-refractivity contribution is -0.384. The van der Waals surface area contributed by atoms with Gasteiger partial charge in [-0.3, -0.25) is 10.1 Å². The van der Waals surface area contributed by atoms with E-state index in [9.17, 15) is 10.1 Å². The second-order valence-corrected chi connectivity index (χ2v) is 5.53. The monoisotopic (exact) mass is 305 g/mol. The Balaban J connectivity index is 1.52. The molecule has 3 rings (SSSR count). The number of nitrogens with zero attached hydrogens (tertiary/aromatic N) is 2. The van der Waals surface area contributed by atoms with Crippen molar-refractivity contribution in [1.29, 1.82) is 0 Å². The van der Waals surface area contributed by atoms with Gasteiger partial charge in [-0.15, -0.1) is 0 Å².